The molecule has 0 spiro atoms. The molecule has 0 saturated carbocycles. The molecule has 112 valence electrons. The number of nitrogens with zero attached hydrogens (tertiary/aromatic N) is 1. The summed E-state index contributed by atoms with van der Waals surface area (Å²) in [4.78, 5) is 2.41. The quantitative estimate of drug-likeness (QED) is 0.749. The normalized spacial score (nSPS) is 17.7. The molecule has 0 radical (unpaired) electrons. The van der Waals surface area contributed by atoms with Crippen molar-refractivity contribution in [1.29, 1.82) is 0 Å². The van der Waals surface area contributed by atoms with Crippen molar-refractivity contribution in [3.8, 4) is 16.9 Å². The Kier molecular flexibility index (Phi) is 2.71. The maximum Gasteiger partial charge on any atom is 0.134 e. The summed E-state index contributed by atoms with van der Waals surface area (Å²) in [6.45, 7) is 0. The van der Waals surface area contributed by atoms with E-state index in [1.54, 1.807) is 0 Å². The van der Waals surface area contributed by atoms with E-state index in [0.717, 1.165) is 18.6 Å². The smallest absolute Gasteiger partial charge is 0.134 e. The monoisotopic (exact) mass is 299 g/mol. The lowest BCUT2D eigenvalue weighted by Crippen LogP contribution is -2.40. The van der Waals surface area contributed by atoms with E-state index in [1.807, 2.05) is 18.4 Å². The third kappa shape index (κ3) is 1.88. The summed E-state index contributed by atoms with van der Waals surface area (Å²) in [5.74, 6) is 0.933. The number of rotatable bonds is 1. The van der Waals surface area contributed by atoms with Crippen LogP contribution in [0.15, 0.2) is 60.8 Å². The van der Waals surface area contributed by atoms with Gasteiger partial charge in [0, 0.05) is 33.9 Å². The average Bonchev–Trinajstić information content (AvgIpc) is 3.15. The van der Waals surface area contributed by atoms with Gasteiger partial charge in [0.25, 0.3) is 0 Å². The number of hydrogen-bond acceptors (Lipinski definition) is 2. The Morgan fingerprint density at radius 2 is 1.78 bits per heavy atom. The predicted octanol–water partition coefficient (Wildman–Crippen LogP) is 3.32. The zero-order valence-electron chi connectivity index (χ0n) is 12.8. The van der Waals surface area contributed by atoms with Crippen molar-refractivity contribution < 1.29 is 4.74 Å². The highest BCUT2D eigenvalue weighted by molar-refractivity contribution is 5.78. The van der Waals surface area contributed by atoms with Crippen LogP contribution >= 0.6 is 0 Å². The lowest BCUT2D eigenvalue weighted by Gasteiger charge is -2.30. The summed E-state index contributed by atoms with van der Waals surface area (Å²) < 4.78 is 5.88. The average molecular weight is 299 g/mol. The fourth-order valence-electron chi connectivity index (χ4n) is 3.76. The van der Waals surface area contributed by atoms with E-state index in [4.69, 9.17) is 4.74 Å². The summed E-state index contributed by atoms with van der Waals surface area (Å²) in [5.41, 5.74) is 3.70. The molecule has 0 unspecified atom stereocenters. The second kappa shape index (κ2) is 4.88. The van der Waals surface area contributed by atoms with Crippen LogP contribution in [0.2, 0.25) is 0 Å². The molecule has 0 N–H and O–H groups in total. The Bertz CT molecular complexity index is 960. The summed E-state index contributed by atoms with van der Waals surface area (Å²) in [6, 6.07) is 13.3. The van der Waals surface area contributed by atoms with Gasteiger partial charge < -0.3 is 9.64 Å². The highest BCUT2D eigenvalue weighted by atomic mass is 16.5. The molecule has 2 nitrogen and oxygen atoms in total. The SMILES string of the molecule is C1=CN(C2CC=CC2)c2ccc3c(c2=C1)=COc1ccccc1-3. The fourth-order valence-corrected chi connectivity index (χ4v) is 3.76. The first-order chi connectivity index (χ1) is 11.4. The number of para-hydroxylation sites is 1. The Hall–Kier alpha value is -2.74. The molecule has 5 rings (SSSR count). The highest BCUT2D eigenvalue weighted by Gasteiger charge is 2.22. The maximum absolute atomic E-state index is 5.88. The molecule has 23 heavy (non-hydrogen) atoms. The molecule has 0 amide bonds. The Balaban J connectivity index is 1.71. The molecular formula is C21H17NO. The molecule has 0 saturated heterocycles. The molecule has 0 aromatic heterocycles. The molecule has 0 fully saturated rings. The fraction of sp³-hybridized carbons (Fsp3) is 0.143. The summed E-state index contributed by atoms with van der Waals surface area (Å²) in [7, 11) is 0. The van der Waals surface area contributed by atoms with Crippen LogP contribution in [0, 0.1) is 0 Å². The van der Waals surface area contributed by atoms with Crippen molar-refractivity contribution in [3.63, 3.8) is 0 Å². The van der Waals surface area contributed by atoms with Crippen LogP contribution in [0.3, 0.4) is 0 Å². The number of anilines is 1. The molecule has 2 aliphatic heterocycles. The Labute approximate surface area is 135 Å². The van der Waals surface area contributed by atoms with E-state index in [0.29, 0.717) is 6.04 Å². The van der Waals surface area contributed by atoms with Crippen molar-refractivity contribution in [1.82, 2.24) is 0 Å². The van der Waals surface area contributed by atoms with Gasteiger partial charge in [0.15, 0.2) is 0 Å². The molecule has 0 atom stereocenters. The van der Waals surface area contributed by atoms with Gasteiger partial charge in [-0.25, -0.2) is 0 Å². The van der Waals surface area contributed by atoms with Gasteiger partial charge in [-0.05, 0) is 36.6 Å². The van der Waals surface area contributed by atoms with Crippen LogP contribution in [0.1, 0.15) is 12.8 Å². The first kappa shape index (κ1) is 12.8. The topological polar surface area (TPSA) is 12.5 Å². The molecule has 2 heterocycles. The zero-order valence-corrected chi connectivity index (χ0v) is 12.8. The standard InChI is InChI=1S/C21H17NO/c1-2-7-15(6-1)22-13-5-9-17-19-14-23-21-10-4-3-8-18(21)16(19)11-12-20(17)22/h1-5,8-15H,6-7H2. The molecular weight excluding hydrogens is 282 g/mol. The minimum absolute atomic E-state index is 0.536. The molecule has 2 aromatic rings. The van der Waals surface area contributed by atoms with Crippen LogP contribution < -0.4 is 20.1 Å². The summed E-state index contributed by atoms with van der Waals surface area (Å²) >= 11 is 0. The number of benzene rings is 2. The van der Waals surface area contributed by atoms with Gasteiger partial charge in [-0.2, -0.15) is 0 Å². The van der Waals surface area contributed by atoms with Crippen molar-refractivity contribution in [2.75, 3.05) is 4.90 Å². The number of hydrogen-bond donors (Lipinski definition) is 0. The van der Waals surface area contributed by atoms with E-state index >= 15 is 0 Å². The zero-order chi connectivity index (χ0) is 15.2. The lowest BCUT2D eigenvalue weighted by atomic mass is 9.97. The van der Waals surface area contributed by atoms with Crippen molar-refractivity contribution >= 4 is 18.0 Å². The molecule has 0 bridgehead atoms. The van der Waals surface area contributed by atoms with Gasteiger partial charge in [-0.1, -0.05) is 42.5 Å². The van der Waals surface area contributed by atoms with Crippen molar-refractivity contribution in [2.24, 2.45) is 0 Å². The van der Waals surface area contributed by atoms with Gasteiger partial charge in [0.2, 0.25) is 0 Å². The molecule has 2 aromatic carbocycles. The van der Waals surface area contributed by atoms with Gasteiger partial charge in [0.1, 0.15) is 5.75 Å². The van der Waals surface area contributed by atoms with Gasteiger partial charge in [0.05, 0.1) is 6.26 Å². The second-order valence-electron chi connectivity index (χ2n) is 6.20. The Morgan fingerprint density at radius 1 is 0.913 bits per heavy atom. The van der Waals surface area contributed by atoms with E-state index in [1.165, 1.54) is 27.3 Å². The van der Waals surface area contributed by atoms with E-state index in [9.17, 15) is 0 Å². The van der Waals surface area contributed by atoms with Crippen LogP contribution in [0.4, 0.5) is 5.69 Å². The number of allylic oxidation sites excluding steroid dienone is 1. The lowest BCUT2D eigenvalue weighted by molar-refractivity contribution is 0.537. The molecule has 3 aliphatic rings. The third-order valence-corrected chi connectivity index (χ3v) is 4.91. The van der Waals surface area contributed by atoms with E-state index in [-0.39, 0.29) is 0 Å². The number of ether oxygens (including phenoxy) is 1. The second-order valence-corrected chi connectivity index (χ2v) is 6.20. The number of fused-ring (bicyclic) bond motifs is 5. The van der Waals surface area contributed by atoms with Crippen molar-refractivity contribution in [3.05, 3.63) is 71.3 Å². The van der Waals surface area contributed by atoms with E-state index in [2.05, 4.69) is 59.7 Å². The van der Waals surface area contributed by atoms with Crippen LogP contribution in [0.25, 0.3) is 23.5 Å². The van der Waals surface area contributed by atoms with Gasteiger partial charge in [-0.15, -0.1) is 0 Å². The third-order valence-electron chi connectivity index (χ3n) is 4.91. The van der Waals surface area contributed by atoms with Crippen molar-refractivity contribution in [2.45, 2.75) is 18.9 Å². The highest BCUT2D eigenvalue weighted by Crippen LogP contribution is 2.31. The summed E-state index contributed by atoms with van der Waals surface area (Å²) in [5, 5.41) is 2.44. The van der Waals surface area contributed by atoms with E-state index < -0.39 is 0 Å². The predicted molar refractivity (Wildman–Crippen MR) is 94.5 cm³/mol. The van der Waals surface area contributed by atoms with Crippen LogP contribution in [-0.2, 0) is 0 Å². The van der Waals surface area contributed by atoms with Gasteiger partial charge in [-0.3, -0.25) is 0 Å². The maximum atomic E-state index is 5.88. The molecule has 2 heteroatoms. The largest absolute Gasteiger partial charge is 0.464 e. The minimum Gasteiger partial charge on any atom is -0.464 e. The summed E-state index contributed by atoms with van der Waals surface area (Å²) in [6.07, 6.45) is 15.2. The molecule has 1 aliphatic carbocycles. The minimum atomic E-state index is 0.536. The van der Waals surface area contributed by atoms with Crippen LogP contribution in [0.5, 0.6) is 5.75 Å². The van der Waals surface area contributed by atoms with Gasteiger partial charge >= 0.3 is 0 Å². The first-order valence-corrected chi connectivity index (χ1v) is 8.13. The first-order valence-electron chi connectivity index (χ1n) is 8.13. The van der Waals surface area contributed by atoms with Crippen LogP contribution in [-0.4, -0.2) is 6.04 Å². The Morgan fingerprint density at radius 3 is 2.70 bits per heavy atom.